The first-order valence-corrected chi connectivity index (χ1v) is 8.57. The van der Waals surface area contributed by atoms with Crippen molar-refractivity contribution in [3.05, 3.63) is 28.8 Å². The first-order chi connectivity index (χ1) is 10.2. The molecule has 1 aromatic rings. The molecule has 0 saturated carbocycles. The molecule has 0 bridgehead atoms. The Kier molecular flexibility index (Phi) is 4.72. The second kappa shape index (κ2) is 6.55. The Labute approximate surface area is 133 Å². The molecule has 0 aliphatic carbocycles. The second-order valence-electron chi connectivity index (χ2n) is 6.31. The molecule has 116 valence electrons. The summed E-state index contributed by atoms with van der Waals surface area (Å²) in [6.07, 6.45) is 2.69. The van der Waals surface area contributed by atoms with Crippen molar-refractivity contribution in [3.63, 3.8) is 0 Å². The molecule has 2 heterocycles. The Morgan fingerprint density at radius 2 is 2.19 bits per heavy atom. The molecule has 1 aromatic carbocycles. The first-order valence-electron chi connectivity index (χ1n) is 8.19. The molecule has 0 radical (unpaired) electrons. The molecule has 2 unspecified atom stereocenters. The molecule has 3 rings (SSSR count). The summed E-state index contributed by atoms with van der Waals surface area (Å²) in [4.78, 5) is 5.24. The summed E-state index contributed by atoms with van der Waals surface area (Å²) in [7, 11) is 0. The average molecular weight is 308 g/mol. The largest absolute Gasteiger partial charge is 0.366 e. The van der Waals surface area contributed by atoms with Gasteiger partial charge in [-0.1, -0.05) is 24.6 Å². The number of anilines is 1. The Hall–Kier alpha value is -0.770. The van der Waals surface area contributed by atoms with Crippen LogP contribution in [0.15, 0.2) is 18.2 Å². The van der Waals surface area contributed by atoms with Gasteiger partial charge in [-0.3, -0.25) is 4.90 Å². The van der Waals surface area contributed by atoms with Crippen LogP contribution in [0.2, 0.25) is 5.02 Å². The number of halogens is 1. The number of benzene rings is 1. The third-order valence-electron chi connectivity index (χ3n) is 4.89. The van der Waals surface area contributed by atoms with Crippen LogP contribution in [0.1, 0.15) is 32.3 Å². The number of rotatable bonds is 4. The maximum absolute atomic E-state index is 6.47. The summed E-state index contributed by atoms with van der Waals surface area (Å²) >= 11 is 6.47. The second-order valence-corrected chi connectivity index (χ2v) is 6.72. The quantitative estimate of drug-likeness (QED) is 0.922. The van der Waals surface area contributed by atoms with Crippen molar-refractivity contribution < 1.29 is 0 Å². The summed E-state index contributed by atoms with van der Waals surface area (Å²) in [6.45, 7) is 9.89. The monoisotopic (exact) mass is 307 g/mol. The van der Waals surface area contributed by atoms with Gasteiger partial charge >= 0.3 is 0 Å². The van der Waals surface area contributed by atoms with E-state index in [2.05, 4.69) is 41.1 Å². The third kappa shape index (κ3) is 3.05. The van der Waals surface area contributed by atoms with Gasteiger partial charge in [0, 0.05) is 48.0 Å². The zero-order chi connectivity index (χ0) is 14.8. The Balaban J connectivity index is 1.86. The number of hydrogen-bond donors (Lipinski definition) is 1. The van der Waals surface area contributed by atoms with Gasteiger partial charge in [-0.05, 0) is 45.0 Å². The molecule has 2 saturated heterocycles. The van der Waals surface area contributed by atoms with Gasteiger partial charge in [0.15, 0.2) is 0 Å². The molecule has 2 fully saturated rings. The Morgan fingerprint density at radius 1 is 1.33 bits per heavy atom. The van der Waals surface area contributed by atoms with E-state index in [1.54, 1.807) is 0 Å². The van der Waals surface area contributed by atoms with E-state index < -0.39 is 0 Å². The average Bonchev–Trinajstić information content (AvgIpc) is 2.92. The van der Waals surface area contributed by atoms with Crippen molar-refractivity contribution in [3.8, 4) is 0 Å². The molecule has 0 amide bonds. The van der Waals surface area contributed by atoms with Gasteiger partial charge in [0.2, 0.25) is 0 Å². The topological polar surface area (TPSA) is 18.5 Å². The van der Waals surface area contributed by atoms with E-state index in [0.29, 0.717) is 6.04 Å². The van der Waals surface area contributed by atoms with Gasteiger partial charge in [-0.15, -0.1) is 0 Å². The number of fused-ring (bicyclic) bond motifs is 1. The highest BCUT2D eigenvalue weighted by molar-refractivity contribution is 6.31. The van der Waals surface area contributed by atoms with Crippen molar-refractivity contribution in [2.24, 2.45) is 0 Å². The smallest absolute Gasteiger partial charge is 0.0471 e. The van der Waals surface area contributed by atoms with E-state index >= 15 is 0 Å². The molecule has 21 heavy (non-hydrogen) atoms. The highest BCUT2D eigenvalue weighted by Gasteiger charge is 2.35. The van der Waals surface area contributed by atoms with Crippen LogP contribution in [0, 0.1) is 0 Å². The van der Waals surface area contributed by atoms with Gasteiger partial charge in [-0.25, -0.2) is 0 Å². The van der Waals surface area contributed by atoms with E-state index in [9.17, 15) is 0 Å². The van der Waals surface area contributed by atoms with Gasteiger partial charge < -0.3 is 10.2 Å². The van der Waals surface area contributed by atoms with Crippen LogP contribution >= 0.6 is 11.6 Å². The van der Waals surface area contributed by atoms with E-state index in [-0.39, 0.29) is 0 Å². The van der Waals surface area contributed by atoms with Gasteiger partial charge in [0.1, 0.15) is 0 Å². The van der Waals surface area contributed by atoms with Gasteiger partial charge in [-0.2, -0.15) is 0 Å². The van der Waals surface area contributed by atoms with Crippen LogP contribution < -0.4 is 10.2 Å². The van der Waals surface area contributed by atoms with E-state index in [1.807, 2.05) is 6.07 Å². The summed E-state index contributed by atoms with van der Waals surface area (Å²) in [5.41, 5.74) is 2.57. The number of nitrogens with zero attached hydrogens (tertiary/aromatic N) is 2. The molecular weight excluding hydrogens is 282 g/mol. The van der Waals surface area contributed by atoms with Crippen LogP contribution in [0.4, 0.5) is 5.69 Å². The summed E-state index contributed by atoms with van der Waals surface area (Å²) < 4.78 is 0. The van der Waals surface area contributed by atoms with Crippen LogP contribution in [0.3, 0.4) is 0 Å². The first kappa shape index (κ1) is 15.1. The molecule has 2 atom stereocenters. The molecule has 0 aromatic heterocycles. The highest BCUT2D eigenvalue weighted by atomic mass is 35.5. The minimum absolute atomic E-state index is 0.554. The minimum Gasteiger partial charge on any atom is -0.366 e. The van der Waals surface area contributed by atoms with Crippen molar-refractivity contribution in [1.82, 2.24) is 10.2 Å². The number of nitrogens with one attached hydrogen (secondary N) is 1. The van der Waals surface area contributed by atoms with Crippen LogP contribution in [-0.4, -0.2) is 43.2 Å². The fourth-order valence-corrected chi connectivity index (χ4v) is 4.00. The predicted octanol–water partition coefficient (Wildman–Crippen LogP) is 3.12. The minimum atomic E-state index is 0.554. The van der Waals surface area contributed by atoms with Crippen molar-refractivity contribution in [2.75, 3.05) is 31.1 Å². The lowest BCUT2D eigenvalue weighted by molar-refractivity contribution is 0.203. The molecule has 3 nitrogen and oxygen atoms in total. The fraction of sp³-hybridized carbons (Fsp3) is 0.647. The lowest BCUT2D eigenvalue weighted by Gasteiger charge is -2.44. The van der Waals surface area contributed by atoms with Crippen molar-refractivity contribution >= 4 is 17.3 Å². The SMILES string of the molecule is CCNCc1c(Cl)cccc1N1CC2CCCN2CC1C. The van der Waals surface area contributed by atoms with Gasteiger partial charge in [0.05, 0.1) is 0 Å². The lowest BCUT2D eigenvalue weighted by atomic mass is 10.0. The zero-order valence-electron chi connectivity index (χ0n) is 13.1. The maximum Gasteiger partial charge on any atom is 0.0471 e. The van der Waals surface area contributed by atoms with Crippen LogP contribution in [-0.2, 0) is 6.54 Å². The number of piperazine rings is 1. The predicted molar refractivity (Wildman–Crippen MR) is 90.2 cm³/mol. The van der Waals surface area contributed by atoms with E-state index in [0.717, 1.165) is 30.7 Å². The Morgan fingerprint density at radius 3 is 3.00 bits per heavy atom. The number of hydrogen-bond acceptors (Lipinski definition) is 3. The molecule has 1 N–H and O–H groups in total. The van der Waals surface area contributed by atoms with Crippen LogP contribution in [0.25, 0.3) is 0 Å². The highest BCUT2D eigenvalue weighted by Crippen LogP contribution is 2.33. The molecule has 2 aliphatic rings. The van der Waals surface area contributed by atoms with Crippen molar-refractivity contribution in [1.29, 1.82) is 0 Å². The normalized spacial score (nSPS) is 26.1. The summed E-state index contributed by atoms with van der Waals surface area (Å²) in [5, 5.41) is 4.31. The van der Waals surface area contributed by atoms with Gasteiger partial charge in [0.25, 0.3) is 0 Å². The fourth-order valence-electron chi connectivity index (χ4n) is 3.76. The zero-order valence-corrected chi connectivity index (χ0v) is 13.9. The molecular formula is C17H26ClN3. The molecule has 2 aliphatic heterocycles. The van der Waals surface area contributed by atoms with E-state index in [4.69, 9.17) is 11.6 Å². The lowest BCUT2D eigenvalue weighted by Crippen LogP contribution is -2.55. The molecule has 4 heteroatoms. The van der Waals surface area contributed by atoms with Crippen LogP contribution in [0.5, 0.6) is 0 Å². The van der Waals surface area contributed by atoms with E-state index in [1.165, 1.54) is 37.2 Å². The summed E-state index contributed by atoms with van der Waals surface area (Å²) in [6, 6.07) is 7.61. The van der Waals surface area contributed by atoms with Crippen molar-refractivity contribution in [2.45, 2.75) is 45.3 Å². The standard InChI is InChI=1S/C17H26ClN3/c1-3-19-10-15-16(18)7-4-8-17(15)21-12-14-6-5-9-20(14)11-13(21)2/h4,7-8,13-14,19H,3,5-6,9-12H2,1-2H3. The summed E-state index contributed by atoms with van der Waals surface area (Å²) in [5.74, 6) is 0. The molecule has 0 spiro atoms. The maximum atomic E-state index is 6.47. The third-order valence-corrected chi connectivity index (χ3v) is 5.25. The Bertz CT molecular complexity index is 491.